The van der Waals surface area contributed by atoms with E-state index in [9.17, 15) is 19.2 Å². The van der Waals surface area contributed by atoms with Crippen molar-refractivity contribution in [2.45, 2.75) is 42.3 Å². The molecule has 0 radical (unpaired) electrons. The van der Waals surface area contributed by atoms with Crippen molar-refractivity contribution in [3.63, 3.8) is 0 Å². The summed E-state index contributed by atoms with van der Waals surface area (Å²) in [4.78, 5) is 49.3. The van der Waals surface area contributed by atoms with Gasteiger partial charge in [-0.2, -0.15) is 0 Å². The second-order valence-corrected chi connectivity index (χ2v) is 8.32. The predicted octanol–water partition coefficient (Wildman–Crippen LogP) is 1.01. The molecule has 0 spiro atoms. The molecular weight excluding hydrogens is 420 g/mol. The zero-order valence-corrected chi connectivity index (χ0v) is 17.0. The molecule has 2 unspecified atom stereocenters. The first-order valence-corrected chi connectivity index (χ1v) is 10.6. The number of amides is 2. The molecule has 0 aliphatic carbocycles. The lowest BCUT2D eigenvalue weighted by molar-refractivity contribution is -0.157. The Kier molecular flexibility index (Phi) is 7.15. The van der Waals surface area contributed by atoms with Gasteiger partial charge in [0.05, 0.1) is 12.2 Å². The number of carbonyl (C=O) groups excluding carboxylic acids is 3. The van der Waals surface area contributed by atoms with Gasteiger partial charge in [-0.3, -0.25) is 19.3 Å². The number of Topliss-reactive ketones (excluding diaryl/α,β-unsaturated/α-hetero) is 1. The third-order valence-corrected chi connectivity index (χ3v) is 6.43. The molecule has 156 valence electrons. The Bertz CT molecular complexity index is 786. The van der Waals surface area contributed by atoms with Gasteiger partial charge in [-0.25, -0.2) is 4.79 Å². The fourth-order valence-corrected chi connectivity index (χ4v) is 4.82. The SMILES string of the molecule is O=C(Cc1ccccc1)N[C@@H]1C(=O)N(C(Cl)C(=O)O)[C@@H]1SCC(=O)C1CCCO1. The third kappa shape index (κ3) is 5.09. The summed E-state index contributed by atoms with van der Waals surface area (Å²) in [6, 6.07) is 8.09. The van der Waals surface area contributed by atoms with Gasteiger partial charge in [0.25, 0.3) is 5.91 Å². The lowest BCUT2D eigenvalue weighted by Crippen LogP contribution is -2.72. The number of hydrogen-bond donors (Lipinski definition) is 2. The van der Waals surface area contributed by atoms with Crippen molar-refractivity contribution < 1.29 is 29.0 Å². The molecule has 1 aromatic rings. The largest absolute Gasteiger partial charge is 0.479 e. The van der Waals surface area contributed by atoms with E-state index in [1.54, 1.807) is 24.3 Å². The number of carbonyl (C=O) groups is 4. The molecule has 2 aliphatic heterocycles. The molecule has 4 atom stereocenters. The zero-order chi connectivity index (χ0) is 21.0. The molecule has 2 aliphatic rings. The Morgan fingerprint density at radius 3 is 2.66 bits per heavy atom. The molecule has 0 aromatic heterocycles. The van der Waals surface area contributed by atoms with Crippen LogP contribution < -0.4 is 5.32 Å². The average molecular weight is 441 g/mol. The lowest BCUT2D eigenvalue weighted by Gasteiger charge is -2.47. The van der Waals surface area contributed by atoms with Gasteiger partial charge in [0.1, 0.15) is 17.5 Å². The van der Waals surface area contributed by atoms with Crippen molar-refractivity contribution in [1.29, 1.82) is 0 Å². The smallest absolute Gasteiger partial charge is 0.342 e. The highest BCUT2D eigenvalue weighted by Gasteiger charge is 2.53. The number of carboxylic acid groups (broad SMARTS) is 1. The molecule has 2 fully saturated rings. The number of ketones is 1. The van der Waals surface area contributed by atoms with E-state index in [1.807, 2.05) is 6.07 Å². The number of thioether (sulfide) groups is 1. The number of hydrogen-bond acceptors (Lipinski definition) is 6. The quantitative estimate of drug-likeness (QED) is 0.334. The number of β-lactam (4-membered cyclic amide) rings is 1. The number of nitrogens with one attached hydrogen (secondary N) is 1. The van der Waals surface area contributed by atoms with Gasteiger partial charge in [0, 0.05) is 6.61 Å². The number of nitrogens with zero attached hydrogens (tertiary/aromatic N) is 1. The van der Waals surface area contributed by atoms with Crippen LogP contribution in [-0.2, 0) is 30.3 Å². The van der Waals surface area contributed by atoms with Crippen molar-refractivity contribution >= 4 is 46.9 Å². The fraction of sp³-hybridized carbons (Fsp3) is 0.474. The molecule has 2 N–H and O–H groups in total. The van der Waals surface area contributed by atoms with Crippen molar-refractivity contribution in [2.75, 3.05) is 12.4 Å². The summed E-state index contributed by atoms with van der Waals surface area (Å²) >= 11 is 6.94. The number of aliphatic carboxylic acids is 1. The second kappa shape index (κ2) is 9.60. The van der Waals surface area contributed by atoms with Gasteiger partial charge < -0.3 is 15.2 Å². The van der Waals surface area contributed by atoms with Gasteiger partial charge in [-0.1, -0.05) is 41.9 Å². The van der Waals surface area contributed by atoms with Crippen LogP contribution >= 0.6 is 23.4 Å². The second-order valence-electron chi connectivity index (χ2n) is 6.80. The van der Waals surface area contributed by atoms with E-state index in [1.165, 1.54) is 0 Å². The Balaban J connectivity index is 1.63. The van der Waals surface area contributed by atoms with E-state index in [2.05, 4.69) is 5.32 Å². The van der Waals surface area contributed by atoms with Crippen LogP contribution in [-0.4, -0.2) is 69.0 Å². The van der Waals surface area contributed by atoms with E-state index < -0.39 is 34.9 Å². The minimum absolute atomic E-state index is 0.0351. The van der Waals surface area contributed by atoms with Gasteiger partial charge in [-0.05, 0) is 18.4 Å². The summed E-state index contributed by atoms with van der Waals surface area (Å²) in [5.41, 5.74) is -0.785. The first-order chi connectivity index (χ1) is 13.9. The van der Waals surface area contributed by atoms with Gasteiger partial charge in [-0.15, -0.1) is 11.8 Å². The molecule has 0 saturated carbocycles. The van der Waals surface area contributed by atoms with Crippen LogP contribution in [0.25, 0.3) is 0 Å². The van der Waals surface area contributed by atoms with Crippen molar-refractivity contribution in [3.05, 3.63) is 35.9 Å². The number of likely N-dealkylation sites (tertiary alicyclic amines) is 1. The van der Waals surface area contributed by atoms with Crippen molar-refractivity contribution in [3.8, 4) is 0 Å². The maximum Gasteiger partial charge on any atom is 0.342 e. The van der Waals surface area contributed by atoms with Gasteiger partial charge in [0.15, 0.2) is 5.78 Å². The van der Waals surface area contributed by atoms with Gasteiger partial charge >= 0.3 is 5.97 Å². The Morgan fingerprint density at radius 1 is 1.31 bits per heavy atom. The normalized spacial score (nSPS) is 24.7. The minimum atomic E-state index is -1.57. The maximum atomic E-state index is 12.4. The summed E-state index contributed by atoms with van der Waals surface area (Å²) in [6.07, 6.45) is 1.08. The monoisotopic (exact) mass is 440 g/mol. The predicted molar refractivity (Wildman–Crippen MR) is 106 cm³/mol. The zero-order valence-electron chi connectivity index (χ0n) is 15.5. The third-order valence-electron chi connectivity index (χ3n) is 4.74. The van der Waals surface area contributed by atoms with Crippen LogP contribution in [0.1, 0.15) is 18.4 Å². The highest BCUT2D eigenvalue weighted by molar-refractivity contribution is 8.00. The Labute approximate surface area is 176 Å². The number of alkyl halides is 1. The van der Waals surface area contributed by atoms with E-state index in [-0.39, 0.29) is 23.9 Å². The molecular formula is C19H21ClN2O6S. The molecule has 8 nitrogen and oxygen atoms in total. The van der Waals surface area contributed by atoms with Crippen LogP contribution in [0.3, 0.4) is 0 Å². The average Bonchev–Trinajstić information content (AvgIpc) is 3.24. The molecule has 2 amide bonds. The molecule has 10 heteroatoms. The maximum absolute atomic E-state index is 12.4. The lowest BCUT2D eigenvalue weighted by atomic mass is 10.1. The number of rotatable bonds is 9. The van der Waals surface area contributed by atoms with Crippen LogP contribution in [0.5, 0.6) is 0 Å². The number of ether oxygens (including phenoxy) is 1. The fourth-order valence-electron chi connectivity index (χ4n) is 3.25. The Morgan fingerprint density at radius 2 is 2.03 bits per heavy atom. The molecule has 1 aromatic carbocycles. The van der Waals surface area contributed by atoms with Crippen LogP contribution in [0.2, 0.25) is 0 Å². The molecule has 0 bridgehead atoms. The number of halogens is 1. The van der Waals surface area contributed by atoms with Crippen LogP contribution in [0.4, 0.5) is 0 Å². The number of carboxylic acids is 1. The van der Waals surface area contributed by atoms with Crippen LogP contribution in [0.15, 0.2) is 30.3 Å². The summed E-state index contributed by atoms with van der Waals surface area (Å²) in [6.45, 7) is 0.538. The summed E-state index contributed by atoms with van der Waals surface area (Å²) in [5.74, 6) is -2.41. The first-order valence-electron chi connectivity index (χ1n) is 9.16. The van der Waals surface area contributed by atoms with Crippen molar-refractivity contribution in [1.82, 2.24) is 10.2 Å². The van der Waals surface area contributed by atoms with Gasteiger partial charge in [0.2, 0.25) is 11.4 Å². The summed E-state index contributed by atoms with van der Waals surface area (Å²) in [7, 11) is 0. The molecule has 29 heavy (non-hydrogen) atoms. The number of benzene rings is 1. The van der Waals surface area contributed by atoms with E-state index in [0.29, 0.717) is 13.0 Å². The standard InChI is InChI=1S/C19H21ClN2O6S/c20-16(19(26)27)22-17(25)15(21-14(24)9-11-5-2-1-3-6-11)18(22)29-10-12(23)13-7-4-8-28-13/h1-3,5-6,13,15-16,18H,4,7-10H2,(H,21,24)(H,26,27)/t13?,15-,16?,18-/m1/s1. The molecule has 2 heterocycles. The molecule has 2 saturated heterocycles. The summed E-state index contributed by atoms with van der Waals surface area (Å²) < 4.78 is 5.36. The minimum Gasteiger partial charge on any atom is -0.479 e. The molecule has 3 rings (SSSR count). The van der Waals surface area contributed by atoms with Crippen molar-refractivity contribution in [2.24, 2.45) is 0 Å². The summed E-state index contributed by atoms with van der Waals surface area (Å²) in [5, 5.41) is 11.0. The van der Waals surface area contributed by atoms with Crippen LogP contribution in [0, 0.1) is 0 Å². The highest BCUT2D eigenvalue weighted by Crippen LogP contribution is 2.34. The highest BCUT2D eigenvalue weighted by atomic mass is 35.5. The topological polar surface area (TPSA) is 113 Å². The first kappa shape index (κ1) is 21.6. The van der Waals surface area contributed by atoms with E-state index >= 15 is 0 Å². The Hall–Kier alpha value is -2.10. The van der Waals surface area contributed by atoms with E-state index in [4.69, 9.17) is 21.4 Å². The van der Waals surface area contributed by atoms with E-state index in [0.717, 1.165) is 28.6 Å².